The molecule has 11 heavy (non-hydrogen) atoms. The lowest BCUT2D eigenvalue weighted by atomic mass is 10.0. The van der Waals surface area contributed by atoms with E-state index in [1.165, 1.54) is 20.0 Å². The minimum atomic E-state index is -0.0893. The van der Waals surface area contributed by atoms with Gasteiger partial charge in [0.1, 0.15) is 0 Å². The second-order valence-electron chi connectivity index (χ2n) is 3.03. The summed E-state index contributed by atoms with van der Waals surface area (Å²) in [5.41, 5.74) is 0. The molecular formula is C9H18O2. The molecule has 1 atom stereocenters. The largest absolute Gasteiger partial charge is 0.469 e. The van der Waals surface area contributed by atoms with Gasteiger partial charge in [0.2, 0.25) is 0 Å². The lowest BCUT2D eigenvalue weighted by molar-refractivity contribution is -0.141. The maximum Gasteiger partial charge on any atom is 0.305 e. The number of carbonyl (C=O) groups is 1. The van der Waals surface area contributed by atoms with Crippen LogP contribution in [0.25, 0.3) is 0 Å². The lowest BCUT2D eigenvalue weighted by Crippen LogP contribution is -2.06. The van der Waals surface area contributed by atoms with Gasteiger partial charge in [-0.25, -0.2) is 0 Å². The van der Waals surface area contributed by atoms with Crippen molar-refractivity contribution < 1.29 is 9.53 Å². The van der Waals surface area contributed by atoms with E-state index in [0.29, 0.717) is 12.3 Å². The molecule has 0 aromatic heterocycles. The van der Waals surface area contributed by atoms with Crippen molar-refractivity contribution in [2.75, 3.05) is 7.11 Å². The zero-order chi connectivity index (χ0) is 8.69. The fourth-order valence-corrected chi connectivity index (χ4v) is 1.02. The van der Waals surface area contributed by atoms with Crippen molar-refractivity contribution in [1.29, 1.82) is 0 Å². The van der Waals surface area contributed by atoms with Gasteiger partial charge in [0, 0.05) is 6.42 Å². The first kappa shape index (κ1) is 10.5. The molecule has 0 amide bonds. The van der Waals surface area contributed by atoms with Crippen molar-refractivity contribution in [3.05, 3.63) is 0 Å². The number of esters is 1. The van der Waals surface area contributed by atoms with Gasteiger partial charge in [0.15, 0.2) is 0 Å². The molecule has 0 heterocycles. The van der Waals surface area contributed by atoms with E-state index < -0.39 is 0 Å². The van der Waals surface area contributed by atoms with Gasteiger partial charge in [0.25, 0.3) is 0 Å². The van der Waals surface area contributed by atoms with Crippen LogP contribution in [0.5, 0.6) is 0 Å². The minimum absolute atomic E-state index is 0.0893. The summed E-state index contributed by atoms with van der Waals surface area (Å²) in [4.78, 5) is 10.8. The lowest BCUT2D eigenvalue weighted by Gasteiger charge is -2.07. The van der Waals surface area contributed by atoms with Crippen LogP contribution in [-0.2, 0) is 9.53 Å². The normalized spacial score (nSPS) is 12.6. The number of unbranched alkanes of at least 4 members (excludes halogenated alkanes) is 1. The maximum absolute atomic E-state index is 10.8. The monoisotopic (exact) mass is 158 g/mol. The molecule has 0 aliphatic rings. The van der Waals surface area contributed by atoms with Gasteiger partial charge in [-0.05, 0) is 5.92 Å². The zero-order valence-corrected chi connectivity index (χ0v) is 7.72. The number of hydrogen-bond acceptors (Lipinski definition) is 2. The van der Waals surface area contributed by atoms with Gasteiger partial charge in [0.05, 0.1) is 7.11 Å². The van der Waals surface area contributed by atoms with Gasteiger partial charge in [-0.15, -0.1) is 0 Å². The van der Waals surface area contributed by atoms with Crippen molar-refractivity contribution in [2.24, 2.45) is 5.92 Å². The molecule has 0 aromatic carbocycles. The van der Waals surface area contributed by atoms with Crippen LogP contribution in [-0.4, -0.2) is 13.1 Å². The van der Waals surface area contributed by atoms with Crippen LogP contribution in [0.1, 0.15) is 39.5 Å². The van der Waals surface area contributed by atoms with Crippen molar-refractivity contribution in [3.8, 4) is 0 Å². The van der Waals surface area contributed by atoms with Gasteiger partial charge < -0.3 is 4.74 Å². The van der Waals surface area contributed by atoms with Crippen LogP contribution in [0.4, 0.5) is 0 Å². The molecule has 0 N–H and O–H groups in total. The number of hydrogen-bond donors (Lipinski definition) is 0. The Bertz CT molecular complexity index is 110. The molecule has 0 spiro atoms. The Morgan fingerprint density at radius 1 is 1.55 bits per heavy atom. The Morgan fingerprint density at radius 3 is 2.64 bits per heavy atom. The highest BCUT2D eigenvalue weighted by Gasteiger charge is 2.07. The fourth-order valence-electron chi connectivity index (χ4n) is 1.02. The molecule has 0 aromatic rings. The van der Waals surface area contributed by atoms with E-state index in [1.807, 2.05) is 0 Å². The second-order valence-corrected chi connectivity index (χ2v) is 3.03. The molecule has 0 rings (SSSR count). The summed E-state index contributed by atoms with van der Waals surface area (Å²) < 4.78 is 4.56. The molecule has 0 fully saturated rings. The van der Waals surface area contributed by atoms with E-state index in [9.17, 15) is 4.79 Å². The highest BCUT2D eigenvalue weighted by molar-refractivity contribution is 5.69. The zero-order valence-electron chi connectivity index (χ0n) is 7.72. The van der Waals surface area contributed by atoms with Gasteiger partial charge in [-0.1, -0.05) is 33.1 Å². The Balaban J connectivity index is 3.35. The van der Waals surface area contributed by atoms with Crippen LogP contribution < -0.4 is 0 Å². The molecule has 0 unspecified atom stereocenters. The summed E-state index contributed by atoms with van der Waals surface area (Å²) in [7, 11) is 1.44. The van der Waals surface area contributed by atoms with Crippen LogP contribution in [0, 0.1) is 5.92 Å². The standard InChI is InChI=1S/C9H18O2/c1-4-5-6-8(2)7-9(10)11-3/h8H,4-7H2,1-3H3/t8-/m0/s1. The summed E-state index contributed by atoms with van der Waals surface area (Å²) in [5, 5.41) is 0. The Morgan fingerprint density at radius 2 is 2.18 bits per heavy atom. The summed E-state index contributed by atoms with van der Waals surface area (Å²) in [6, 6.07) is 0. The van der Waals surface area contributed by atoms with Crippen molar-refractivity contribution in [3.63, 3.8) is 0 Å². The SMILES string of the molecule is CCCC[C@H](C)CC(=O)OC. The smallest absolute Gasteiger partial charge is 0.305 e. The molecule has 2 nitrogen and oxygen atoms in total. The third-order valence-electron chi connectivity index (χ3n) is 1.79. The van der Waals surface area contributed by atoms with E-state index in [0.717, 1.165) is 6.42 Å². The highest BCUT2D eigenvalue weighted by Crippen LogP contribution is 2.11. The summed E-state index contributed by atoms with van der Waals surface area (Å²) in [6.07, 6.45) is 4.10. The molecule has 0 bridgehead atoms. The van der Waals surface area contributed by atoms with Crippen LogP contribution >= 0.6 is 0 Å². The second kappa shape index (κ2) is 6.20. The Kier molecular flexibility index (Phi) is 5.90. The van der Waals surface area contributed by atoms with E-state index in [1.54, 1.807) is 0 Å². The maximum atomic E-state index is 10.8. The van der Waals surface area contributed by atoms with Crippen LogP contribution in [0.2, 0.25) is 0 Å². The summed E-state index contributed by atoms with van der Waals surface area (Å²) >= 11 is 0. The minimum Gasteiger partial charge on any atom is -0.469 e. The fraction of sp³-hybridized carbons (Fsp3) is 0.889. The first-order valence-electron chi connectivity index (χ1n) is 4.27. The van der Waals surface area contributed by atoms with Gasteiger partial charge in [-0.3, -0.25) is 4.79 Å². The number of rotatable bonds is 5. The third kappa shape index (κ3) is 5.89. The first-order chi connectivity index (χ1) is 5.20. The Hall–Kier alpha value is -0.530. The summed E-state index contributed by atoms with van der Waals surface area (Å²) in [6.45, 7) is 4.25. The number of ether oxygens (including phenoxy) is 1. The Labute approximate surface area is 68.9 Å². The molecule has 0 aliphatic heterocycles. The van der Waals surface area contributed by atoms with E-state index in [2.05, 4.69) is 18.6 Å². The molecular weight excluding hydrogens is 140 g/mol. The molecule has 66 valence electrons. The van der Waals surface area contributed by atoms with E-state index in [4.69, 9.17) is 0 Å². The quantitative estimate of drug-likeness (QED) is 0.574. The molecule has 0 radical (unpaired) electrons. The average molecular weight is 158 g/mol. The van der Waals surface area contributed by atoms with E-state index >= 15 is 0 Å². The van der Waals surface area contributed by atoms with Gasteiger partial charge >= 0.3 is 5.97 Å². The highest BCUT2D eigenvalue weighted by atomic mass is 16.5. The van der Waals surface area contributed by atoms with Gasteiger partial charge in [-0.2, -0.15) is 0 Å². The number of carbonyl (C=O) groups excluding carboxylic acids is 1. The molecule has 0 aliphatic carbocycles. The first-order valence-corrected chi connectivity index (χ1v) is 4.27. The van der Waals surface area contributed by atoms with Crippen molar-refractivity contribution >= 4 is 5.97 Å². The summed E-state index contributed by atoms with van der Waals surface area (Å²) in [5.74, 6) is 0.385. The predicted octanol–water partition coefficient (Wildman–Crippen LogP) is 2.38. The third-order valence-corrected chi connectivity index (χ3v) is 1.79. The average Bonchev–Trinajstić information content (AvgIpc) is 2.00. The van der Waals surface area contributed by atoms with Crippen molar-refractivity contribution in [2.45, 2.75) is 39.5 Å². The predicted molar refractivity (Wildman–Crippen MR) is 45.3 cm³/mol. The topological polar surface area (TPSA) is 26.3 Å². The van der Waals surface area contributed by atoms with Crippen molar-refractivity contribution in [1.82, 2.24) is 0 Å². The molecule has 2 heteroatoms. The molecule has 0 saturated heterocycles. The van der Waals surface area contributed by atoms with Crippen LogP contribution in [0.15, 0.2) is 0 Å². The number of methoxy groups -OCH3 is 1. The van der Waals surface area contributed by atoms with Crippen LogP contribution in [0.3, 0.4) is 0 Å². The molecule has 0 saturated carbocycles. The van der Waals surface area contributed by atoms with E-state index in [-0.39, 0.29) is 5.97 Å².